The predicted octanol–water partition coefficient (Wildman–Crippen LogP) is 6.68. The molecule has 0 aliphatic rings. The zero-order valence-corrected chi connectivity index (χ0v) is 26.4. The number of rotatable bonds is 6. The average Bonchev–Trinajstić information content (AvgIpc) is 3.62. The van der Waals surface area contributed by atoms with Gasteiger partial charge < -0.3 is 5.32 Å². The van der Waals surface area contributed by atoms with Crippen LogP contribution in [0.2, 0.25) is 5.15 Å². The van der Waals surface area contributed by atoms with E-state index in [0.29, 0.717) is 16.8 Å². The second-order valence-electron chi connectivity index (χ2n) is 10.6. The highest BCUT2D eigenvalue weighted by atomic mass is 35.5. The van der Waals surface area contributed by atoms with Crippen LogP contribution >= 0.6 is 11.6 Å². The van der Waals surface area contributed by atoms with Crippen LogP contribution in [0.4, 0.5) is 11.6 Å². The average molecular weight is 618 g/mol. The van der Waals surface area contributed by atoms with E-state index in [-0.39, 0.29) is 0 Å². The molecule has 0 bridgehead atoms. The van der Waals surface area contributed by atoms with Gasteiger partial charge in [-0.3, -0.25) is 19.3 Å². The minimum Gasteiger partial charge on any atom is -0.323 e. The van der Waals surface area contributed by atoms with Crippen LogP contribution in [0, 0.1) is 6.92 Å². The zero-order chi connectivity index (χ0) is 31.5. The fraction of sp³-hybridized carbons (Fsp3) is 0.212. The molecule has 7 heterocycles. The van der Waals surface area contributed by atoms with Gasteiger partial charge in [0.05, 0.1) is 39.7 Å². The van der Waals surface area contributed by atoms with Crippen LogP contribution < -0.4 is 5.32 Å². The third-order valence-corrected chi connectivity index (χ3v) is 7.40. The Morgan fingerprint density at radius 3 is 1.84 bits per heavy atom. The van der Waals surface area contributed by atoms with Crippen LogP contribution in [0.5, 0.6) is 0 Å². The SMILES string of the molecule is CCc1nn(C)cc1-c1cnc2ccc(Cl)nc2c1.CCc1nn(C)cc1-c1cnc2ccc(Nc3cc(C)cnn3)nc2c1. The molecule has 7 rings (SSSR count). The standard InChI is InChI=1S/C19H19N7.C14H13ClN4/c1-4-15-14(11-26(3)25-15)13-8-17-16(20-10-13)5-6-18(22-17)23-19-7-12(2)9-21-24-19;1-3-11-10(8-19(2)18-11)9-6-13-12(16-7-9)4-5-14(15)17-13/h5-11H,4H2,1-3H3,(H,22,23,24);4-8H,3H2,1-2H3. The number of hydrogen-bond donors (Lipinski definition) is 1. The summed E-state index contributed by atoms with van der Waals surface area (Å²) < 4.78 is 3.66. The molecule has 45 heavy (non-hydrogen) atoms. The number of nitrogens with one attached hydrogen (secondary N) is 1. The first kappa shape index (κ1) is 29.8. The number of pyridine rings is 4. The van der Waals surface area contributed by atoms with E-state index in [1.54, 1.807) is 12.3 Å². The Labute approximate surface area is 265 Å². The van der Waals surface area contributed by atoms with Gasteiger partial charge >= 0.3 is 0 Å². The minimum atomic E-state index is 0.480. The maximum absolute atomic E-state index is 5.92. The van der Waals surface area contributed by atoms with Gasteiger partial charge in [0, 0.05) is 61.1 Å². The summed E-state index contributed by atoms with van der Waals surface area (Å²) in [5.41, 5.74) is 10.7. The van der Waals surface area contributed by atoms with Crippen molar-refractivity contribution < 1.29 is 0 Å². The first-order valence-electron chi connectivity index (χ1n) is 14.6. The first-order valence-corrected chi connectivity index (χ1v) is 15.0. The second kappa shape index (κ2) is 12.7. The highest BCUT2D eigenvalue weighted by Gasteiger charge is 2.12. The molecule has 0 aromatic carbocycles. The number of anilines is 2. The monoisotopic (exact) mass is 617 g/mol. The molecule has 226 valence electrons. The van der Waals surface area contributed by atoms with E-state index in [0.717, 1.165) is 74.1 Å². The molecule has 0 radical (unpaired) electrons. The Balaban J connectivity index is 0.000000167. The van der Waals surface area contributed by atoms with E-state index in [1.165, 1.54) is 0 Å². The molecule has 0 amide bonds. The normalized spacial score (nSPS) is 11.1. The Hall–Kier alpha value is -5.29. The molecule has 12 heteroatoms. The van der Waals surface area contributed by atoms with Gasteiger partial charge in [0.15, 0.2) is 5.82 Å². The molecule has 7 aromatic heterocycles. The molecule has 0 atom stereocenters. The van der Waals surface area contributed by atoms with Gasteiger partial charge in [0.2, 0.25) is 0 Å². The number of hydrogen-bond acceptors (Lipinski definition) is 9. The molecular weight excluding hydrogens is 586 g/mol. The van der Waals surface area contributed by atoms with Crippen LogP contribution in [0.25, 0.3) is 44.3 Å². The number of nitrogens with zero attached hydrogens (tertiary/aromatic N) is 10. The van der Waals surface area contributed by atoms with Gasteiger partial charge in [0.25, 0.3) is 0 Å². The second-order valence-corrected chi connectivity index (χ2v) is 11.0. The molecule has 0 unspecified atom stereocenters. The molecule has 0 saturated heterocycles. The summed E-state index contributed by atoms with van der Waals surface area (Å²) in [6.07, 6.45) is 11.2. The highest BCUT2D eigenvalue weighted by molar-refractivity contribution is 6.29. The minimum absolute atomic E-state index is 0.480. The van der Waals surface area contributed by atoms with E-state index < -0.39 is 0 Å². The summed E-state index contributed by atoms with van der Waals surface area (Å²) in [5, 5.41) is 20.7. The van der Waals surface area contributed by atoms with Gasteiger partial charge in [-0.25, -0.2) is 9.97 Å². The topological polar surface area (TPSA) is 125 Å². The van der Waals surface area contributed by atoms with E-state index in [2.05, 4.69) is 59.5 Å². The summed E-state index contributed by atoms with van der Waals surface area (Å²) in [5.74, 6) is 1.37. The van der Waals surface area contributed by atoms with Gasteiger partial charge in [-0.15, -0.1) is 5.10 Å². The first-order chi connectivity index (χ1) is 21.8. The van der Waals surface area contributed by atoms with Crippen molar-refractivity contribution in [2.45, 2.75) is 33.6 Å². The van der Waals surface area contributed by atoms with E-state index in [4.69, 9.17) is 11.6 Å². The van der Waals surface area contributed by atoms with E-state index in [9.17, 15) is 0 Å². The summed E-state index contributed by atoms with van der Waals surface area (Å²) in [6.45, 7) is 6.17. The summed E-state index contributed by atoms with van der Waals surface area (Å²) in [7, 11) is 3.85. The van der Waals surface area contributed by atoms with E-state index >= 15 is 0 Å². The van der Waals surface area contributed by atoms with Crippen molar-refractivity contribution >= 4 is 45.3 Å². The van der Waals surface area contributed by atoms with Crippen molar-refractivity contribution in [2.75, 3.05) is 5.32 Å². The molecule has 0 aliphatic carbocycles. The molecule has 7 aromatic rings. The third kappa shape index (κ3) is 6.63. The number of aromatic nitrogens is 10. The van der Waals surface area contributed by atoms with E-state index in [1.807, 2.05) is 91.6 Å². The quantitative estimate of drug-likeness (QED) is 0.203. The molecule has 0 fully saturated rings. The Morgan fingerprint density at radius 2 is 1.27 bits per heavy atom. The van der Waals surface area contributed by atoms with Crippen molar-refractivity contribution in [1.29, 1.82) is 0 Å². The lowest BCUT2D eigenvalue weighted by atomic mass is 10.1. The Kier molecular flexibility index (Phi) is 8.43. The van der Waals surface area contributed by atoms with Crippen LogP contribution in [-0.2, 0) is 26.9 Å². The smallest absolute Gasteiger partial charge is 0.154 e. The van der Waals surface area contributed by atoms with Gasteiger partial charge in [-0.2, -0.15) is 15.3 Å². The predicted molar refractivity (Wildman–Crippen MR) is 177 cm³/mol. The molecular formula is C33H32ClN11. The third-order valence-electron chi connectivity index (χ3n) is 7.19. The Bertz CT molecular complexity index is 2130. The molecule has 11 nitrogen and oxygen atoms in total. The number of fused-ring (bicyclic) bond motifs is 2. The summed E-state index contributed by atoms with van der Waals surface area (Å²) in [4.78, 5) is 18.0. The largest absolute Gasteiger partial charge is 0.323 e. The fourth-order valence-corrected chi connectivity index (χ4v) is 5.24. The lowest BCUT2D eigenvalue weighted by molar-refractivity contribution is 0.746. The maximum Gasteiger partial charge on any atom is 0.154 e. The van der Waals surface area contributed by atoms with Gasteiger partial charge in [-0.05, 0) is 67.8 Å². The van der Waals surface area contributed by atoms with Crippen molar-refractivity contribution in [3.05, 3.63) is 95.6 Å². The van der Waals surface area contributed by atoms with Crippen molar-refractivity contribution in [3.8, 4) is 22.3 Å². The Morgan fingerprint density at radius 1 is 0.689 bits per heavy atom. The van der Waals surface area contributed by atoms with Crippen LogP contribution in [0.15, 0.2) is 73.4 Å². The highest BCUT2D eigenvalue weighted by Crippen LogP contribution is 2.27. The maximum atomic E-state index is 5.92. The molecule has 1 N–H and O–H groups in total. The van der Waals surface area contributed by atoms with Gasteiger partial charge in [0.1, 0.15) is 11.0 Å². The summed E-state index contributed by atoms with van der Waals surface area (Å²) in [6, 6.07) is 13.4. The van der Waals surface area contributed by atoms with Crippen LogP contribution in [0.3, 0.4) is 0 Å². The van der Waals surface area contributed by atoms with Crippen molar-refractivity contribution in [2.24, 2.45) is 14.1 Å². The molecule has 0 spiro atoms. The summed E-state index contributed by atoms with van der Waals surface area (Å²) >= 11 is 5.92. The van der Waals surface area contributed by atoms with Crippen molar-refractivity contribution in [3.63, 3.8) is 0 Å². The number of halogens is 1. The van der Waals surface area contributed by atoms with Crippen molar-refractivity contribution in [1.82, 2.24) is 49.7 Å². The molecule has 0 saturated carbocycles. The van der Waals surface area contributed by atoms with Crippen LogP contribution in [-0.4, -0.2) is 49.7 Å². The van der Waals surface area contributed by atoms with Gasteiger partial charge in [-0.1, -0.05) is 25.4 Å². The zero-order valence-electron chi connectivity index (χ0n) is 25.7. The lowest BCUT2D eigenvalue weighted by Gasteiger charge is -2.07. The fourth-order valence-electron chi connectivity index (χ4n) is 5.08. The number of aryl methyl sites for hydroxylation is 5. The van der Waals surface area contributed by atoms with Crippen LogP contribution in [0.1, 0.15) is 30.8 Å². The molecule has 0 aliphatic heterocycles. The lowest BCUT2D eigenvalue weighted by Crippen LogP contribution is -1.98.